The molecule has 7 nitrogen and oxygen atoms in total. The molecule has 0 aliphatic rings. The van der Waals surface area contributed by atoms with E-state index >= 15 is 0 Å². The first-order chi connectivity index (χ1) is 18.8. The van der Waals surface area contributed by atoms with E-state index in [9.17, 15) is 18.0 Å². The summed E-state index contributed by atoms with van der Waals surface area (Å²) < 4.78 is 29.1. The third-order valence-corrected chi connectivity index (χ3v) is 9.18. The molecule has 0 aliphatic heterocycles. The number of nitrogens with one attached hydrogen (secondary N) is 1. The number of anilines is 1. The normalized spacial score (nSPS) is 12.9. The smallest absolute Gasteiger partial charge is 0.264 e. The number of carbonyl (C=O) groups is 2. The van der Waals surface area contributed by atoms with Gasteiger partial charge in [0, 0.05) is 17.6 Å². The molecule has 3 aromatic rings. The highest BCUT2D eigenvalue weighted by atomic mass is 35.5. The molecule has 0 aliphatic carbocycles. The van der Waals surface area contributed by atoms with E-state index in [4.69, 9.17) is 11.6 Å². The van der Waals surface area contributed by atoms with Gasteiger partial charge in [0.1, 0.15) is 12.6 Å². The van der Waals surface area contributed by atoms with Crippen molar-refractivity contribution in [3.05, 3.63) is 94.0 Å². The Hall–Kier alpha value is -3.36. The van der Waals surface area contributed by atoms with Crippen LogP contribution in [0.25, 0.3) is 0 Å². The summed E-state index contributed by atoms with van der Waals surface area (Å²) in [6.45, 7) is 10.7. The number of rotatable bonds is 11. The molecule has 1 N–H and O–H groups in total. The van der Waals surface area contributed by atoms with Crippen molar-refractivity contribution in [2.45, 2.75) is 71.5 Å². The Morgan fingerprint density at radius 2 is 1.57 bits per heavy atom. The lowest BCUT2D eigenvalue weighted by atomic mass is 10.1. The zero-order valence-electron chi connectivity index (χ0n) is 23.9. The minimum Gasteiger partial charge on any atom is -0.352 e. The van der Waals surface area contributed by atoms with Crippen molar-refractivity contribution in [3.8, 4) is 0 Å². The third kappa shape index (κ3) is 7.43. The minimum atomic E-state index is -4.16. The van der Waals surface area contributed by atoms with E-state index in [2.05, 4.69) is 5.32 Å². The van der Waals surface area contributed by atoms with Gasteiger partial charge in [0.15, 0.2) is 0 Å². The summed E-state index contributed by atoms with van der Waals surface area (Å²) in [5.74, 6) is -0.814. The first-order valence-corrected chi connectivity index (χ1v) is 15.2. The van der Waals surface area contributed by atoms with Gasteiger partial charge in [0.25, 0.3) is 10.0 Å². The second kappa shape index (κ2) is 13.3. The number of sulfonamides is 1. The number of nitrogens with zero attached hydrogens (tertiary/aromatic N) is 2. The maximum absolute atomic E-state index is 14.1. The summed E-state index contributed by atoms with van der Waals surface area (Å²) in [6, 6.07) is 18.2. The van der Waals surface area contributed by atoms with E-state index in [0.717, 1.165) is 27.4 Å². The summed E-state index contributed by atoms with van der Waals surface area (Å²) in [6.07, 6.45) is 0.737. The Morgan fingerprint density at radius 3 is 2.20 bits per heavy atom. The molecule has 0 saturated heterocycles. The van der Waals surface area contributed by atoms with Crippen molar-refractivity contribution in [1.29, 1.82) is 0 Å². The van der Waals surface area contributed by atoms with E-state index in [-0.39, 0.29) is 23.4 Å². The standard InChI is InChI=1S/C31H38ClN3O4S/c1-7-23(4)33-31(37)25(6)34(19-26-11-8-10-22(3)18-26)30(36)20-35(29-13-9-12-28(32)24(29)5)40(38,39)27-16-14-21(2)15-17-27/h8-18,23,25H,7,19-20H2,1-6H3,(H,33,37)/t23-,25-/m1/s1. The summed E-state index contributed by atoms with van der Waals surface area (Å²) in [5, 5.41) is 3.32. The van der Waals surface area contributed by atoms with Crippen molar-refractivity contribution in [2.24, 2.45) is 0 Å². The fourth-order valence-corrected chi connectivity index (χ4v) is 5.91. The van der Waals surface area contributed by atoms with Crippen molar-refractivity contribution < 1.29 is 18.0 Å². The highest BCUT2D eigenvalue weighted by Crippen LogP contribution is 2.31. The number of carbonyl (C=O) groups excluding carboxylic acids is 2. The van der Waals surface area contributed by atoms with Gasteiger partial charge in [-0.1, -0.05) is 72.1 Å². The average molecular weight is 584 g/mol. The first kappa shape index (κ1) is 31.2. The Kier molecular flexibility index (Phi) is 10.4. The lowest BCUT2D eigenvalue weighted by molar-refractivity contribution is -0.139. The van der Waals surface area contributed by atoms with E-state index < -0.39 is 28.5 Å². The van der Waals surface area contributed by atoms with Crippen LogP contribution < -0.4 is 9.62 Å². The molecule has 214 valence electrons. The van der Waals surface area contributed by atoms with E-state index in [0.29, 0.717) is 16.3 Å². The maximum Gasteiger partial charge on any atom is 0.264 e. The molecule has 0 spiro atoms. The van der Waals surface area contributed by atoms with Gasteiger partial charge < -0.3 is 10.2 Å². The molecule has 0 aromatic heterocycles. The van der Waals surface area contributed by atoms with Crippen LogP contribution in [-0.4, -0.2) is 43.8 Å². The van der Waals surface area contributed by atoms with Crippen LogP contribution >= 0.6 is 11.6 Å². The fraction of sp³-hybridized carbons (Fsp3) is 0.355. The molecule has 0 fully saturated rings. The number of halogens is 1. The van der Waals surface area contributed by atoms with Crippen LogP contribution in [0.5, 0.6) is 0 Å². The van der Waals surface area contributed by atoms with Crippen LogP contribution in [0.15, 0.2) is 71.6 Å². The molecule has 0 unspecified atom stereocenters. The van der Waals surface area contributed by atoms with Gasteiger partial charge in [-0.25, -0.2) is 8.42 Å². The molecular weight excluding hydrogens is 546 g/mol. The fourth-order valence-electron chi connectivity index (χ4n) is 4.27. The predicted molar refractivity (Wildman–Crippen MR) is 161 cm³/mol. The number of aryl methyl sites for hydroxylation is 2. The van der Waals surface area contributed by atoms with Crippen LogP contribution in [-0.2, 0) is 26.2 Å². The number of hydrogen-bond donors (Lipinski definition) is 1. The van der Waals surface area contributed by atoms with Gasteiger partial charge in [-0.05, 0) is 76.4 Å². The molecule has 0 heterocycles. The van der Waals surface area contributed by atoms with Crippen molar-refractivity contribution >= 4 is 39.1 Å². The molecule has 40 heavy (non-hydrogen) atoms. The third-order valence-electron chi connectivity index (χ3n) is 7.00. The lowest BCUT2D eigenvalue weighted by Crippen LogP contribution is -2.52. The van der Waals surface area contributed by atoms with Gasteiger partial charge >= 0.3 is 0 Å². The van der Waals surface area contributed by atoms with Crippen LogP contribution in [0.3, 0.4) is 0 Å². The lowest BCUT2D eigenvalue weighted by Gasteiger charge is -2.33. The first-order valence-electron chi connectivity index (χ1n) is 13.3. The van der Waals surface area contributed by atoms with Crippen LogP contribution in [0, 0.1) is 20.8 Å². The summed E-state index contributed by atoms with van der Waals surface area (Å²) in [7, 11) is -4.16. The molecule has 3 aromatic carbocycles. The molecule has 0 bridgehead atoms. The SMILES string of the molecule is CC[C@@H](C)NC(=O)[C@@H](C)N(Cc1cccc(C)c1)C(=O)CN(c1cccc(Cl)c1C)S(=O)(=O)c1ccc(C)cc1. The Morgan fingerprint density at radius 1 is 0.925 bits per heavy atom. The maximum atomic E-state index is 14.1. The van der Waals surface area contributed by atoms with E-state index in [1.165, 1.54) is 17.0 Å². The quantitative estimate of drug-likeness (QED) is 0.309. The van der Waals surface area contributed by atoms with Gasteiger partial charge in [-0.2, -0.15) is 0 Å². The number of amides is 2. The minimum absolute atomic E-state index is 0.0538. The van der Waals surface area contributed by atoms with Crippen LogP contribution in [0.1, 0.15) is 49.4 Å². The Bertz CT molecular complexity index is 1460. The van der Waals surface area contributed by atoms with Gasteiger partial charge in [0.2, 0.25) is 11.8 Å². The Balaban J connectivity index is 2.07. The monoisotopic (exact) mass is 583 g/mol. The highest BCUT2D eigenvalue weighted by Gasteiger charge is 2.33. The van der Waals surface area contributed by atoms with Gasteiger partial charge in [-0.3, -0.25) is 13.9 Å². The highest BCUT2D eigenvalue weighted by molar-refractivity contribution is 7.92. The molecule has 2 atom stereocenters. The zero-order valence-corrected chi connectivity index (χ0v) is 25.5. The summed E-state index contributed by atoms with van der Waals surface area (Å²) in [4.78, 5) is 28.7. The van der Waals surface area contributed by atoms with Crippen LogP contribution in [0.2, 0.25) is 5.02 Å². The Labute approximate surface area is 243 Å². The van der Waals surface area contributed by atoms with Crippen molar-refractivity contribution in [2.75, 3.05) is 10.8 Å². The van der Waals surface area contributed by atoms with Gasteiger partial charge in [-0.15, -0.1) is 0 Å². The number of benzene rings is 3. The van der Waals surface area contributed by atoms with Crippen molar-refractivity contribution in [3.63, 3.8) is 0 Å². The predicted octanol–water partition coefficient (Wildman–Crippen LogP) is 5.79. The molecule has 9 heteroatoms. The largest absolute Gasteiger partial charge is 0.352 e. The second-order valence-electron chi connectivity index (χ2n) is 10.2. The molecule has 2 amide bonds. The van der Waals surface area contributed by atoms with Crippen molar-refractivity contribution in [1.82, 2.24) is 10.2 Å². The zero-order chi connectivity index (χ0) is 29.6. The summed E-state index contributed by atoms with van der Waals surface area (Å²) in [5.41, 5.74) is 3.59. The average Bonchev–Trinajstić information content (AvgIpc) is 2.91. The summed E-state index contributed by atoms with van der Waals surface area (Å²) >= 11 is 6.38. The van der Waals surface area contributed by atoms with E-state index in [1.54, 1.807) is 44.2 Å². The molecule has 3 rings (SSSR count). The van der Waals surface area contributed by atoms with Crippen LogP contribution in [0.4, 0.5) is 5.69 Å². The number of hydrogen-bond acceptors (Lipinski definition) is 4. The molecular formula is C31H38ClN3O4S. The second-order valence-corrected chi connectivity index (χ2v) is 12.5. The van der Waals surface area contributed by atoms with Gasteiger partial charge in [0.05, 0.1) is 10.6 Å². The molecule has 0 saturated carbocycles. The van der Waals surface area contributed by atoms with E-state index in [1.807, 2.05) is 52.0 Å². The molecule has 0 radical (unpaired) electrons. The topological polar surface area (TPSA) is 86.8 Å².